The second kappa shape index (κ2) is 5.36. The van der Waals surface area contributed by atoms with Crippen LogP contribution in [-0.4, -0.2) is 15.9 Å². The van der Waals surface area contributed by atoms with Crippen LogP contribution in [0.3, 0.4) is 0 Å². The number of rotatable bonds is 3. The van der Waals surface area contributed by atoms with Gasteiger partial charge in [-0.15, -0.1) is 11.3 Å². The summed E-state index contributed by atoms with van der Waals surface area (Å²) in [7, 11) is 0. The van der Waals surface area contributed by atoms with E-state index in [2.05, 4.69) is 15.3 Å². The number of para-hydroxylation sites is 1. The number of hydrogen-bond donors (Lipinski definition) is 2. The average Bonchev–Trinajstić information content (AvgIpc) is 2.97. The van der Waals surface area contributed by atoms with E-state index >= 15 is 0 Å². The summed E-state index contributed by atoms with van der Waals surface area (Å²) in [6.45, 7) is 0.341. The zero-order valence-corrected chi connectivity index (χ0v) is 11.4. The summed E-state index contributed by atoms with van der Waals surface area (Å²) in [5.74, 6) is -0.251. The number of aromatic nitrogens is 2. The molecule has 0 aliphatic carbocycles. The molecule has 0 saturated carbocycles. The lowest BCUT2D eigenvalue weighted by Gasteiger charge is -2.06. The number of nitrogens with zero attached hydrogens (tertiary/aromatic N) is 2. The number of pyridine rings is 1. The van der Waals surface area contributed by atoms with E-state index in [0.29, 0.717) is 17.9 Å². The molecule has 2 heterocycles. The first-order chi connectivity index (χ1) is 9.78. The van der Waals surface area contributed by atoms with Crippen molar-refractivity contribution in [3.63, 3.8) is 0 Å². The second-order valence-electron chi connectivity index (χ2n) is 4.17. The molecule has 3 rings (SSSR count). The van der Waals surface area contributed by atoms with Crippen LogP contribution in [0.5, 0.6) is 0 Å². The van der Waals surface area contributed by atoms with E-state index in [1.165, 1.54) is 11.3 Å². The molecule has 0 aliphatic heterocycles. The summed E-state index contributed by atoms with van der Waals surface area (Å²) in [6, 6.07) is 9.47. The molecule has 1 amide bonds. The molecule has 0 atom stereocenters. The van der Waals surface area contributed by atoms with E-state index < -0.39 is 0 Å². The Hall–Kier alpha value is -2.31. The van der Waals surface area contributed by atoms with Crippen LogP contribution in [0.25, 0.3) is 10.9 Å². The summed E-state index contributed by atoms with van der Waals surface area (Å²) in [5, 5.41) is 6.26. The molecule has 0 unspecified atom stereocenters. The Bertz CT molecular complexity index is 763. The smallest absolute Gasteiger partial charge is 0.275 e. The quantitative estimate of drug-likeness (QED) is 0.774. The van der Waals surface area contributed by atoms with E-state index in [-0.39, 0.29) is 5.91 Å². The third-order valence-corrected chi connectivity index (χ3v) is 3.71. The Morgan fingerprint density at radius 1 is 1.30 bits per heavy atom. The predicted octanol–water partition coefficient (Wildman–Crippen LogP) is 2.40. The van der Waals surface area contributed by atoms with Gasteiger partial charge >= 0.3 is 0 Å². The molecule has 0 saturated heterocycles. The number of fused-ring (bicyclic) bond motifs is 1. The first kappa shape index (κ1) is 12.7. The highest BCUT2D eigenvalue weighted by atomic mass is 32.1. The van der Waals surface area contributed by atoms with Gasteiger partial charge < -0.3 is 11.1 Å². The van der Waals surface area contributed by atoms with Gasteiger partial charge in [0.2, 0.25) is 0 Å². The number of hydrogen-bond acceptors (Lipinski definition) is 5. The highest BCUT2D eigenvalue weighted by molar-refractivity contribution is 7.09. The van der Waals surface area contributed by atoms with E-state index in [4.69, 9.17) is 5.73 Å². The number of carbonyl (C=O) groups excluding carboxylic acids is 1. The molecule has 0 spiro atoms. The highest BCUT2D eigenvalue weighted by Crippen LogP contribution is 2.21. The summed E-state index contributed by atoms with van der Waals surface area (Å²) in [6.07, 6.45) is 1.70. The van der Waals surface area contributed by atoms with Gasteiger partial charge in [0, 0.05) is 23.5 Å². The summed E-state index contributed by atoms with van der Waals surface area (Å²) < 4.78 is 0. The van der Waals surface area contributed by atoms with Gasteiger partial charge in [-0.2, -0.15) is 0 Å². The fourth-order valence-corrected chi connectivity index (χ4v) is 2.56. The molecule has 3 aromatic rings. The Morgan fingerprint density at radius 2 is 2.15 bits per heavy atom. The van der Waals surface area contributed by atoms with Crippen LogP contribution in [0.4, 0.5) is 5.69 Å². The van der Waals surface area contributed by atoms with Crippen LogP contribution in [0.2, 0.25) is 0 Å². The van der Waals surface area contributed by atoms with Crippen LogP contribution >= 0.6 is 11.3 Å². The van der Waals surface area contributed by atoms with Crippen LogP contribution in [0, 0.1) is 0 Å². The second-order valence-corrected chi connectivity index (χ2v) is 5.11. The highest BCUT2D eigenvalue weighted by Gasteiger charge is 2.12. The van der Waals surface area contributed by atoms with Crippen molar-refractivity contribution in [3.8, 4) is 0 Å². The van der Waals surface area contributed by atoms with Gasteiger partial charge in [-0.05, 0) is 12.1 Å². The van der Waals surface area contributed by atoms with Crippen molar-refractivity contribution in [3.05, 3.63) is 52.6 Å². The van der Waals surface area contributed by atoms with E-state index in [9.17, 15) is 4.79 Å². The predicted molar refractivity (Wildman–Crippen MR) is 79.7 cm³/mol. The van der Waals surface area contributed by atoms with Gasteiger partial charge in [0.05, 0.1) is 11.2 Å². The van der Waals surface area contributed by atoms with Gasteiger partial charge in [-0.25, -0.2) is 4.98 Å². The normalized spacial score (nSPS) is 10.7. The third kappa shape index (κ3) is 2.38. The fraction of sp³-hybridized carbons (Fsp3) is 0.0714. The summed E-state index contributed by atoms with van der Waals surface area (Å²) in [4.78, 5) is 20.6. The fourth-order valence-electron chi connectivity index (χ4n) is 1.90. The maximum atomic E-state index is 12.2. The number of carbonyl (C=O) groups is 1. The van der Waals surface area contributed by atoms with Crippen molar-refractivity contribution in [2.45, 2.75) is 6.54 Å². The molecule has 2 aromatic heterocycles. The Balaban J connectivity index is 1.91. The molecule has 1 aromatic carbocycles. The van der Waals surface area contributed by atoms with Crippen molar-refractivity contribution in [2.75, 3.05) is 5.32 Å². The lowest BCUT2D eigenvalue weighted by atomic mass is 10.2. The lowest BCUT2D eigenvalue weighted by Crippen LogP contribution is -2.13. The molecule has 0 bridgehead atoms. The third-order valence-electron chi connectivity index (χ3n) is 2.84. The van der Waals surface area contributed by atoms with Gasteiger partial charge in [0.1, 0.15) is 10.7 Å². The maximum absolute atomic E-state index is 12.2. The molecule has 5 nitrogen and oxygen atoms in total. The molecule has 0 radical (unpaired) electrons. The first-order valence-electron chi connectivity index (χ1n) is 6.07. The van der Waals surface area contributed by atoms with Crippen LogP contribution in [0.1, 0.15) is 15.5 Å². The SMILES string of the molecule is NCc1nc(C(=O)Nc2cccc3cccnc23)cs1. The zero-order valence-electron chi connectivity index (χ0n) is 10.5. The molecule has 3 N–H and O–H groups in total. The van der Waals surface area contributed by atoms with Crippen molar-refractivity contribution < 1.29 is 4.79 Å². The standard InChI is InChI=1S/C14H12N4OS/c15-7-12-17-11(8-20-12)14(19)18-10-5-1-3-9-4-2-6-16-13(9)10/h1-6,8H,7,15H2,(H,18,19). The van der Waals surface area contributed by atoms with E-state index in [1.54, 1.807) is 11.6 Å². The van der Waals surface area contributed by atoms with Gasteiger partial charge in [0.15, 0.2) is 0 Å². The largest absolute Gasteiger partial charge is 0.325 e. The molecular formula is C14H12N4OS. The minimum absolute atomic E-state index is 0.251. The van der Waals surface area contributed by atoms with Crippen molar-refractivity contribution in [1.82, 2.24) is 9.97 Å². The summed E-state index contributed by atoms with van der Waals surface area (Å²) in [5.41, 5.74) is 7.31. The average molecular weight is 284 g/mol. The maximum Gasteiger partial charge on any atom is 0.275 e. The number of amides is 1. The minimum atomic E-state index is -0.251. The Labute approximate surface area is 119 Å². The number of nitrogens with two attached hydrogens (primary N) is 1. The lowest BCUT2D eigenvalue weighted by molar-refractivity contribution is 0.102. The molecular weight excluding hydrogens is 272 g/mol. The van der Waals surface area contributed by atoms with Crippen molar-refractivity contribution in [2.24, 2.45) is 5.73 Å². The molecule has 0 aliphatic rings. The van der Waals surface area contributed by atoms with E-state index in [1.807, 2.05) is 30.3 Å². The van der Waals surface area contributed by atoms with E-state index in [0.717, 1.165) is 15.9 Å². The van der Waals surface area contributed by atoms with Crippen molar-refractivity contribution >= 4 is 33.8 Å². The van der Waals surface area contributed by atoms with Crippen LogP contribution in [-0.2, 0) is 6.54 Å². The molecule has 6 heteroatoms. The van der Waals surface area contributed by atoms with Gasteiger partial charge in [-0.1, -0.05) is 18.2 Å². The summed E-state index contributed by atoms with van der Waals surface area (Å²) >= 11 is 1.38. The van der Waals surface area contributed by atoms with Crippen LogP contribution in [0.15, 0.2) is 41.9 Å². The number of benzene rings is 1. The topological polar surface area (TPSA) is 80.9 Å². The number of nitrogens with one attached hydrogen (secondary N) is 1. The Kier molecular flexibility index (Phi) is 3.41. The molecule has 0 fully saturated rings. The van der Waals surface area contributed by atoms with Crippen molar-refractivity contribution in [1.29, 1.82) is 0 Å². The molecule has 100 valence electrons. The van der Waals surface area contributed by atoms with Gasteiger partial charge in [-0.3, -0.25) is 9.78 Å². The minimum Gasteiger partial charge on any atom is -0.325 e. The number of anilines is 1. The first-order valence-corrected chi connectivity index (χ1v) is 6.95. The molecule has 20 heavy (non-hydrogen) atoms. The van der Waals surface area contributed by atoms with Crippen LogP contribution < -0.4 is 11.1 Å². The monoisotopic (exact) mass is 284 g/mol. The Morgan fingerprint density at radius 3 is 2.95 bits per heavy atom. The zero-order chi connectivity index (χ0) is 13.9. The number of thiazole rings is 1. The van der Waals surface area contributed by atoms with Gasteiger partial charge in [0.25, 0.3) is 5.91 Å².